The molecular weight excluding hydrogens is 220 g/mol. The zero-order valence-corrected chi connectivity index (χ0v) is 11.9. The summed E-state index contributed by atoms with van der Waals surface area (Å²) in [6.45, 7) is 5.50. The highest BCUT2D eigenvalue weighted by Crippen LogP contribution is 2.27. The Balaban J connectivity index is 1.94. The Bertz CT molecular complexity index is 392. The lowest BCUT2D eigenvalue weighted by Crippen LogP contribution is -2.34. The Hall–Kier alpha value is -1.02. The van der Waals surface area contributed by atoms with Gasteiger partial charge in [-0.3, -0.25) is 4.90 Å². The SMILES string of the molecule is Cc1cc(CN(C)C2CCC(C)CC2)ccc1N. The van der Waals surface area contributed by atoms with Crippen molar-refractivity contribution in [2.24, 2.45) is 5.92 Å². The molecule has 0 unspecified atom stereocenters. The molecule has 2 N–H and O–H groups in total. The molecule has 18 heavy (non-hydrogen) atoms. The Morgan fingerprint density at radius 2 is 1.89 bits per heavy atom. The van der Waals surface area contributed by atoms with Gasteiger partial charge in [0.2, 0.25) is 0 Å². The van der Waals surface area contributed by atoms with Crippen LogP contribution in [0.25, 0.3) is 0 Å². The predicted octanol–water partition coefficient (Wildman–Crippen LogP) is 3.59. The van der Waals surface area contributed by atoms with E-state index in [2.05, 4.69) is 37.9 Å². The molecule has 0 aliphatic heterocycles. The van der Waals surface area contributed by atoms with E-state index in [4.69, 9.17) is 5.73 Å². The molecule has 0 bridgehead atoms. The zero-order chi connectivity index (χ0) is 13.1. The summed E-state index contributed by atoms with van der Waals surface area (Å²) in [5, 5.41) is 0. The first-order chi connectivity index (χ1) is 8.56. The fourth-order valence-electron chi connectivity index (χ4n) is 2.94. The van der Waals surface area contributed by atoms with Crippen molar-refractivity contribution in [2.75, 3.05) is 12.8 Å². The molecule has 1 aliphatic rings. The van der Waals surface area contributed by atoms with Crippen LogP contribution in [0.3, 0.4) is 0 Å². The van der Waals surface area contributed by atoms with E-state index in [1.165, 1.54) is 36.8 Å². The van der Waals surface area contributed by atoms with E-state index >= 15 is 0 Å². The van der Waals surface area contributed by atoms with Crippen LogP contribution in [0.4, 0.5) is 5.69 Å². The lowest BCUT2D eigenvalue weighted by atomic mass is 9.86. The average molecular weight is 246 g/mol. The third-order valence-electron chi connectivity index (χ3n) is 4.37. The van der Waals surface area contributed by atoms with E-state index in [1.807, 2.05) is 6.07 Å². The van der Waals surface area contributed by atoms with Gasteiger partial charge in [0.05, 0.1) is 0 Å². The second-order valence-corrected chi connectivity index (χ2v) is 6.02. The first-order valence-electron chi connectivity index (χ1n) is 7.11. The molecule has 2 heteroatoms. The van der Waals surface area contributed by atoms with E-state index in [9.17, 15) is 0 Å². The van der Waals surface area contributed by atoms with Gasteiger partial charge in [0.25, 0.3) is 0 Å². The number of benzene rings is 1. The van der Waals surface area contributed by atoms with Gasteiger partial charge in [-0.05, 0) is 62.8 Å². The summed E-state index contributed by atoms with van der Waals surface area (Å²) in [5.41, 5.74) is 9.33. The van der Waals surface area contributed by atoms with Crippen LogP contribution >= 0.6 is 0 Å². The summed E-state index contributed by atoms with van der Waals surface area (Å²) in [6.07, 6.45) is 5.47. The summed E-state index contributed by atoms with van der Waals surface area (Å²) >= 11 is 0. The van der Waals surface area contributed by atoms with Crippen molar-refractivity contribution in [1.82, 2.24) is 4.90 Å². The first kappa shape index (κ1) is 13.4. The molecule has 1 aliphatic carbocycles. The highest BCUT2D eigenvalue weighted by molar-refractivity contribution is 5.47. The largest absolute Gasteiger partial charge is 0.399 e. The normalized spacial score (nSPS) is 24.4. The minimum absolute atomic E-state index is 0.763. The van der Waals surface area contributed by atoms with Crippen molar-refractivity contribution in [2.45, 2.75) is 52.1 Å². The predicted molar refractivity (Wildman–Crippen MR) is 78.5 cm³/mol. The van der Waals surface area contributed by atoms with Gasteiger partial charge in [0.15, 0.2) is 0 Å². The monoisotopic (exact) mass is 246 g/mol. The zero-order valence-electron chi connectivity index (χ0n) is 11.9. The number of hydrogen-bond donors (Lipinski definition) is 1. The molecule has 2 nitrogen and oxygen atoms in total. The molecule has 1 saturated carbocycles. The highest BCUT2D eigenvalue weighted by Gasteiger charge is 2.21. The van der Waals surface area contributed by atoms with Crippen molar-refractivity contribution < 1.29 is 0 Å². The number of anilines is 1. The summed E-state index contributed by atoms with van der Waals surface area (Å²) < 4.78 is 0. The quantitative estimate of drug-likeness (QED) is 0.826. The van der Waals surface area contributed by atoms with Crippen LogP contribution in [0.2, 0.25) is 0 Å². The summed E-state index contributed by atoms with van der Waals surface area (Å²) in [5.74, 6) is 0.924. The van der Waals surface area contributed by atoms with E-state index in [0.717, 1.165) is 24.2 Å². The first-order valence-corrected chi connectivity index (χ1v) is 7.11. The van der Waals surface area contributed by atoms with Crippen molar-refractivity contribution in [3.8, 4) is 0 Å². The van der Waals surface area contributed by atoms with Crippen LogP contribution in [-0.4, -0.2) is 18.0 Å². The molecular formula is C16H26N2. The molecule has 100 valence electrons. The number of nitrogen functional groups attached to an aromatic ring is 1. The number of nitrogens with zero attached hydrogens (tertiary/aromatic N) is 1. The minimum Gasteiger partial charge on any atom is -0.399 e. The van der Waals surface area contributed by atoms with Crippen molar-refractivity contribution in [1.29, 1.82) is 0 Å². The molecule has 0 radical (unpaired) electrons. The van der Waals surface area contributed by atoms with Gasteiger partial charge in [0.1, 0.15) is 0 Å². The summed E-state index contributed by atoms with van der Waals surface area (Å²) in [7, 11) is 2.26. The van der Waals surface area contributed by atoms with E-state index in [0.29, 0.717) is 0 Å². The number of aryl methyl sites for hydroxylation is 1. The topological polar surface area (TPSA) is 29.3 Å². The van der Waals surface area contributed by atoms with Gasteiger partial charge in [-0.2, -0.15) is 0 Å². The second-order valence-electron chi connectivity index (χ2n) is 6.02. The lowest BCUT2D eigenvalue weighted by Gasteiger charge is -2.33. The maximum atomic E-state index is 5.86. The molecule has 0 heterocycles. The van der Waals surface area contributed by atoms with Crippen LogP contribution in [0.1, 0.15) is 43.7 Å². The molecule has 0 aromatic heterocycles. The van der Waals surface area contributed by atoms with E-state index < -0.39 is 0 Å². The Morgan fingerprint density at radius 3 is 2.50 bits per heavy atom. The van der Waals surface area contributed by atoms with Crippen LogP contribution in [0.15, 0.2) is 18.2 Å². The molecule has 0 atom stereocenters. The number of rotatable bonds is 3. The van der Waals surface area contributed by atoms with Gasteiger partial charge in [-0.1, -0.05) is 19.1 Å². The molecule has 0 amide bonds. The maximum Gasteiger partial charge on any atom is 0.0343 e. The molecule has 0 saturated heterocycles. The van der Waals surface area contributed by atoms with Crippen molar-refractivity contribution in [3.05, 3.63) is 29.3 Å². The number of nitrogens with two attached hydrogens (primary N) is 1. The third-order valence-corrected chi connectivity index (χ3v) is 4.37. The smallest absolute Gasteiger partial charge is 0.0343 e. The van der Waals surface area contributed by atoms with Crippen LogP contribution in [0, 0.1) is 12.8 Å². The van der Waals surface area contributed by atoms with Crippen molar-refractivity contribution >= 4 is 5.69 Å². The summed E-state index contributed by atoms with van der Waals surface area (Å²) in [6, 6.07) is 7.17. The average Bonchev–Trinajstić information content (AvgIpc) is 2.34. The molecule has 1 fully saturated rings. The molecule has 1 aromatic carbocycles. The highest BCUT2D eigenvalue weighted by atomic mass is 15.1. The maximum absolute atomic E-state index is 5.86. The fourth-order valence-corrected chi connectivity index (χ4v) is 2.94. The van der Waals surface area contributed by atoms with Crippen LogP contribution in [0.5, 0.6) is 0 Å². The van der Waals surface area contributed by atoms with Gasteiger partial charge in [-0.15, -0.1) is 0 Å². The van der Waals surface area contributed by atoms with Crippen LogP contribution < -0.4 is 5.73 Å². The molecule has 1 aromatic rings. The number of hydrogen-bond acceptors (Lipinski definition) is 2. The van der Waals surface area contributed by atoms with E-state index in [1.54, 1.807) is 0 Å². The standard InChI is InChI=1S/C16H26N2/c1-12-4-7-15(8-5-12)18(3)11-14-6-9-16(17)13(2)10-14/h6,9-10,12,15H,4-5,7-8,11,17H2,1-3H3. The lowest BCUT2D eigenvalue weighted by molar-refractivity contribution is 0.164. The van der Waals surface area contributed by atoms with Crippen molar-refractivity contribution in [3.63, 3.8) is 0 Å². The second kappa shape index (κ2) is 5.75. The van der Waals surface area contributed by atoms with E-state index in [-0.39, 0.29) is 0 Å². The van der Waals surface area contributed by atoms with Gasteiger partial charge >= 0.3 is 0 Å². The molecule has 2 rings (SSSR count). The fraction of sp³-hybridized carbons (Fsp3) is 0.625. The van der Waals surface area contributed by atoms with Gasteiger partial charge in [-0.25, -0.2) is 0 Å². The van der Waals surface area contributed by atoms with Gasteiger partial charge < -0.3 is 5.73 Å². The van der Waals surface area contributed by atoms with Gasteiger partial charge in [0, 0.05) is 18.3 Å². The Morgan fingerprint density at radius 1 is 1.22 bits per heavy atom. The minimum atomic E-state index is 0.763. The van der Waals surface area contributed by atoms with Crippen LogP contribution in [-0.2, 0) is 6.54 Å². The summed E-state index contributed by atoms with van der Waals surface area (Å²) in [4.78, 5) is 2.51. The molecule has 0 spiro atoms. The Labute approximate surface area is 111 Å². The third kappa shape index (κ3) is 3.26. The Kier molecular flexibility index (Phi) is 4.28.